The van der Waals surface area contributed by atoms with Crippen molar-refractivity contribution >= 4 is 11.9 Å². The van der Waals surface area contributed by atoms with E-state index in [1.54, 1.807) is 0 Å². The molecule has 0 spiro atoms. The summed E-state index contributed by atoms with van der Waals surface area (Å²) in [5, 5.41) is 6.28. The van der Waals surface area contributed by atoms with Crippen LogP contribution in [-0.2, 0) is 11.2 Å². The number of amides is 1. The minimum atomic E-state index is -0.436. The van der Waals surface area contributed by atoms with E-state index in [0.29, 0.717) is 31.1 Å². The van der Waals surface area contributed by atoms with Crippen LogP contribution in [0.2, 0.25) is 0 Å². The number of hydrogen-bond donors (Lipinski definition) is 2. The van der Waals surface area contributed by atoms with Crippen molar-refractivity contribution in [1.82, 2.24) is 20.4 Å². The number of carbonyl (C=O) groups excluding carboxylic acids is 1. The molecule has 2 aliphatic rings. The smallest absolute Gasteiger partial charge is 0.234 e. The first-order valence-corrected chi connectivity index (χ1v) is 10.0. The van der Waals surface area contributed by atoms with Crippen molar-refractivity contribution in [2.45, 2.75) is 32.2 Å². The number of rotatable bonds is 7. The van der Waals surface area contributed by atoms with Gasteiger partial charge >= 0.3 is 0 Å². The number of nitrogens with one attached hydrogen (secondary N) is 2. The molecule has 1 amide bonds. The number of piperazine rings is 1. The fourth-order valence-corrected chi connectivity index (χ4v) is 3.26. The van der Waals surface area contributed by atoms with Crippen molar-refractivity contribution in [1.29, 1.82) is 0 Å². The SMILES string of the molecule is CCNC(=NCCc1cc(F)ccc1F)N1CCN(CC(=O)NC2CC2)CC1. The molecule has 1 heterocycles. The Kier molecular flexibility index (Phi) is 7.19. The summed E-state index contributed by atoms with van der Waals surface area (Å²) < 4.78 is 27.0. The first-order chi connectivity index (χ1) is 13.5. The van der Waals surface area contributed by atoms with Gasteiger partial charge in [0.25, 0.3) is 0 Å². The highest BCUT2D eigenvalue weighted by molar-refractivity contribution is 5.80. The number of aliphatic imine (C=N–C) groups is 1. The van der Waals surface area contributed by atoms with E-state index in [4.69, 9.17) is 0 Å². The van der Waals surface area contributed by atoms with Crippen molar-refractivity contribution in [3.63, 3.8) is 0 Å². The van der Waals surface area contributed by atoms with Gasteiger partial charge in [0.15, 0.2) is 5.96 Å². The largest absolute Gasteiger partial charge is 0.357 e. The van der Waals surface area contributed by atoms with Crippen LogP contribution in [0.3, 0.4) is 0 Å². The maximum atomic E-state index is 13.7. The van der Waals surface area contributed by atoms with Crippen LogP contribution in [0, 0.1) is 11.6 Å². The normalized spacial score (nSPS) is 18.2. The second-order valence-electron chi connectivity index (χ2n) is 7.33. The number of halogens is 2. The zero-order chi connectivity index (χ0) is 19.9. The summed E-state index contributed by atoms with van der Waals surface area (Å²) >= 11 is 0. The van der Waals surface area contributed by atoms with E-state index in [1.807, 2.05) is 6.92 Å². The van der Waals surface area contributed by atoms with E-state index in [1.165, 1.54) is 6.07 Å². The summed E-state index contributed by atoms with van der Waals surface area (Å²) in [6.07, 6.45) is 2.54. The van der Waals surface area contributed by atoms with Gasteiger partial charge < -0.3 is 15.5 Å². The van der Waals surface area contributed by atoms with Crippen LogP contribution >= 0.6 is 0 Å². The first kappa shape index (κ1) is 20.5. The van der Waals surface area contributed by atoms with Gasteiger partial charge in [-0.1, -0.05) is 0 Å². The molecule has 0 bridgehead atoms. The Morgan fingerprint density at radius 3 is 2.64 bits per heavy atom. The number of hydrogen-bond acceptors (Lipinski definition) is 3. The van der Waals surface area contributed by atoms with Gasteiger partial charge in [0.1, 0.15) is 11.6 Å². The maximum Gasteiger partial charge on any atom is 0.234 e. The first-order valence-electron chi connectivity index (χ1n) is 10.0. The van der Waals surface area contributed by atoms with Gasteiger partial charge in [0.05, 0.1) is 6.54 Å². The van der Waals surface area contributed by atoms with Crippen LogP contribution in [0.15, 0.2) is 23.2 Å². The Hall–Kier alpha value is -2.22. The molecule has 154 valence electrons. The highest BCUT2D eigenvalue weighted by atomic mass is 19.1. The van der Waals surface area contributed by atoms with Gasteiger partial charge in [0.2, 0.25) is 5.91 Å². The third-order valence-electron chi connectivity index (χ3n) is 4.97. The monoisotopic (exact) mass is 393 g/mol. The number of guanidine groups is 1. The predicted molar refractivity (Wildman–Crippen MR) is 105 cm³/mol. The number of carbonyl (C=O) groups is 1. The summed E-state index contributed by atoms with van der Waals surface area (Å²) in [4.78, 5) is 20.8. The van der Waals surface area contributed by atoms with E-state index >= 15 is 0 Å². The van der Waals surface area contributed by atoms with Crippen LogP contribution in [0.5, 0.6) is 0 Å². The fourth-order valence-electron chi connectivity index (χ4n) is 3.26. The standard InChI is InChI=1S/C20H29F2N5O/c1-2-23-20(24-8-7-15-13-16(21)3-6-18(15)22)27-11-9-26(10-12-27)14-19(28)25-17-4-5-17/h3,6,13,17H,2,4-5,7-12,14H2,1H3,(H,23,24)(H,25,28). The van der Waals surface area contributed by atoms with Crippen molar-refractivity contribution in [2.24, 2.45) is 4.99 Å². The van der Waals surface area contributed by atoms with Crippen molar-refractivity contribution in [2.75, 3.05) is 45.8 Å². The minimum Gasteiger partial charge on any atom is -0.357 e. The lowest BCUT2D eigenvalue weighted by atomic mass is 10.1. The highest BCUT2D eigenvalue weighted by Gasteiger charge is 2.25. The van der Waals surface area contributed by atoms with Crippen molar-refractivity contribution in [3.05, 3.63) is 35.4 Å². The molecule has 1 aliphatic heterocycles. The van der Waals surface area contributed by atoms with Crippen LogP contribution in [0.25, 0.3) is 0 Å². The molecular formula is C20H29F2N5O. The lowest BCUT2D eigenvalue weighted by molar-refractivity contribution is -0.122. The van der Waals surface area contributed by atoms with Gasteiger partial charge in [-0.25, -0.2) is 8.78 Å². The Morgan fingerprint density at radius 2 is 1.96 bits per heavy atom. The highest BCUT2D eigenvalue weighted by Crippen LogP contribution is 2.18. The van der Waals surface area contributed by atoms with E-state index < -0.39 is 11.6 Å². The lowest BCUT2D eigenvalue weighted by Crippen LogP contribution is -2.54. The topological polar surface area (TPSA) is 60.0 Å². The molecule has 1 saturated heterocycles. The zero-order valence-electron chi connectivity index (χ0n) is 16.4. The average molecular weight is 393 g/mol. The Labute approximate surface area is 165 Å². The molecule has 1 saturated carbocycles. The van der Waals surface area contributed by atoms with Gasteiger partial charge in [0, 0.05) is 45.3 Å². The van der Waals surface area contributed by atoms with Gasteiger partial charge in [-0.3, -0.25) is 14.7 Å². The van der Waals surface area contributed by atoms with Gasteiger partial charge in [-0.15, -0.1) is 0 Å². The molecule has 0 aromatic heterocycles. The third kappa shape index (κ3) is 6.15. The Morgan fingerprint density at radius 1 is 1.21 bits per heavy atom. The lowest BCUT2D eigenvalue weighted by Gasteiger charge is -2.36. The molecule has 1 aromatic carbocycles. The number of benzene rings is 1. The van der Waals surface area contributed by atoms with Crippen LogP contribution in [0.1, 0.15) is 25.3 Å². The van der Waals surface area contributed by atoms with Gasteiger partial charge in [-0.2, -0.15) is 0 Å². The predicted octanol–water partition coefficient (Wildman–Crippen LogP) is 1.37. The Balaban J connectivity index is 1.48. The van der Waals surface area contributed by atoms with Crippen LogP contribution in [0.4, 0.5) is 8.78 Å². The molecule has 8 heteroatoms. The fraction of sp³-hybridized carbons (Fsp3) is 0.600. The summed E-state index contributed by atoms with van der Waals surface area (Å²) in [7, 11) is 0. The molecule has 2 N–H and O–H groups in total. The van der Waals surface area contributed by atoms with Crippen LogP contribution in [-0.4, -0.2) is 73.5 Å². The summed E-state index contributed by atoms with van der Waals surface area (Å²) in [5.74, 6) is 0.0452. The van der Waals surface area contributed by atoms with E-state index in [9.17, 15) is 13.6 Å². The van der Waals surface area contributed by atoms with Gasteiger partial charge in [-0.05, 0) is 49.9 Å². The molecule has 1 aliphatic carbocycles. The molecule has 3 rings (SSSR count). The van der Waals surface area contributed by atoms with E-state index in [-0.39, 0.29) is 5.91 Å². The van der Waals surface area contributed by atoms with Crippen molar-refractivity contribution < 1.29 is 13.6 Å². The third-order valence-corrected chi connectivity index (χ3v) is 4.97. The van der Waals surface area contributed by atoms with Crippen molar-refractivity contribution in [3.8, 4) is 0 Å². The van der Waals surface area contributed by atoms with Crippen LogP contribution < -0.4 is 10.6 Å². The van der Waals surface area contributed by atoms with E-state index in [0.717, 1.165) is 63.7 Å². The molecule has 6 nitrogen and oxygen atoms in total. The summed E-state index contributed by atoms with van der Waals surface area (Å²) in [6.45, 7) is 6.69. The Bertz CT molecular complexity index is 700. The number of nitrogens with zero attached hydrogens (tertiary/aromatic N) is 3. The molecular weight excluding hydrogens is 364 g/mol. The minimum absolute atomic E-state index is 0.105. The summed E-state index contributed by atoms with van der Waals surface area (Å²) in [6, 6.07) is 3.89. The zero-order valence-corrected chi connectivity index (χ0v) is 16.4. The summed E-state index contributed by atoms with van der Waals surface area (Å²) in [5.41, 5.74) is 0.339. The molecule has 0 atom stereocenters. The van der Waals surface area contributed by atoms with E-state index in [2.05, 4.69) is 25.4 Å². The molecule has 0 radical (unpaired) electrons. The average Bonchev–Trinajstić information content (AvgIpc) is 3.48. The second-order valence-corrected chi connectivity index (χ2v) is 7.33. The molecule has 28 heavy (non-hydrogen) atoms. The maximum absolute atomic E-state index is 13.7. The molecule has 1 aromatic rings. The molecule has 0 unspecified atom stereocenters. The quantitative estimate of drug-likeness (QED) is 0.543. The molecule has 2 fully saturated rings. The second kappa shape index (κ2) is 9.82.